The number of carbonyl (C=O) groups excluding carboxylic acids is 1. The number of nitrogens with zero attached hydrogens (tertiary/aromatic N) is 7. The van der Waals surface area contributed by atoms with Crippen LogP contribution in [0.3, 0.4) is 0 Å². The standard InChI is InChI=1S/C36H39N7O5S/c1-25-10-9-13-30-32(25)41(36(45)48-24-26-11-7-6-8-12-26)19-18-40(30)31-22-27-23-37-35(49(5)47)38-33(27)42(34(31)44)29-16-14-28(15-17-29)39(2)20-21-43(3,4)46/h6-17,22-23,46H,3,18-21,24H2,1-2,4-5H3. The van der Waals surface area contributed by atoms with Crippen molar-refractivity contribution in [1.29, 1.82) is 0 Å². The average molecular weight is 682 g/mol. The molecule has 2 aromatic heterocycles. The maximum atomic E-state index is 14.6. The van der Waals surface area contributed by atoms with Crippen LogP contribution in [0.5, 0.6) is 0 Å². The molecule has 2 unspecified atom stereocenters. The third-order valence-electron chi connectivity index (χ3n) is 8.46. The van der Waals surface area contributed by atoms with Gasteiger partial charge in [0.25, 0.3) is 5.56 Å². The van der Waals surface area contributed by atoms with Gasteiger partial charge in [0, 0.05) is 43.7 Å². The Kier molecular flexibility index (Phi) is 9.50. The van der Waals surface area contributed by atoms with Gasteiger partial charge < -0.3 is 19.2 Å². The van der Waals surface area contributed by atoms with Crippen molar-refractivity contribution in [2.24, 2.45) is 0 Å². The summed E-state index contributed by atoms with van der Waals surface area (Å²) in [7, 11) is 5.76. The van der Waals surface area contributed by atoms with E-state index in [9.17, 15) is 19.0 Å². The Hall–Kier alpha value is -5.11. The van der Waals surface area contributed by atoms with Crippen LogP contribution < -0.4 is 20.3 Å². The number of hydrogen-bond donors (Lipinski definition) is 1. The number of hydrogen-bond acceptors (Lipinski definition) is 9. The number of fused-ring (bicyclic) bond motifs is 2. The first-order valence-corrected chi connectivity index (χ1v) is 17.3. The molecule has 6 rings (SSSR count). The number of likely N-dealkylation sites (N-methyl/N-ethyl adjacent to an activating group) is 2. The zero-order chi connectivity index (χ0) is 34.9. The van der Waals surface area contributed by atoms with Crippen molar-refractivity contribution in [2.75, 3.05) is 61.2 Å². The number of ether oxygens (including phenoxy) is 1. The second-order valence-corrected chi connectivity index (χ2v) is 13.6. The number of pyridine rings is 1. The van der Waals surface area contributed by atoms with Gasteiger partial charge in [-0.1, -0.05) is 42.5 Å². The number of hydroxylamine groups is 3. The Morgan fingerprint density at radius 3 is 2.49 bits per heavy atom. The predicted molar refractivity (Wildman–Crippen MR) is 191 cm³/mol. The molecule has 254 valence electrons. The maximum Gasteiger partial charge on any atom is 0.414 e. The molecule has 0 saturated heterocycles. The number of carbonyl (C=O) groups is 1. The fraction of sp³-hybridized carbons (Fsp3) is 0.250. The molecule has 5 aromatic rings. The van der Waals surface area contributed by atoms with E-state index in [4.69, 9.17) is 4.74 Å². The molecule has 3 aromatic carbocycles. The quantitative estimate of drug-likeness (QED) is 0.0971. The normalized spacial score (nSPS) is 14.7. The van der Waals surface area contributed by atoms with Crippen molar-refractivity contribution in [3.63, 3.8) is 0 Å². The fourth-order valence-electron chi connectivity index (χ4n) is 5.86. The first kappa shape index (κ1) is 33.8. The van der Waals surface area contributed by atoms with Crippen LogP contribution in [0.1, 0.15) is 11.1 Å². The van der Waals surface area contributed by atoms with Crippen LogP contribution in [0.25, 0.3) is 16.7 Å². The summed E-state index contributed by atoms with van der Waals surface area (Å²) in [5.41, 5.74) is 4.92. The zero-order valence-electron chi connectivity index (χ0n) is 27.9. The molecule has 0 saturated carbocycles. The van der Waals surface area contributed by atoms with Gasteiger partial charge in [-0.05, 0) is 54.4 Å². The largest absolute Gasteiger partial charge is 0.444 e. The Balaban J connectivity index is 1.41. The third-order valence-corrected chi connectivity index (χ3v) is 9.17. The molecule has 1 N–H and O–H groups in total. The predicted octanol–water partition coefficient (Wildman–Crippen LogP) is 5.19. The fourth-order valence-corrected chi connectivity index (χ4v) is 6.28. The van der Waals surface area contributed by atoms with Crippen LogP contribution in [0.15, 0.2) is 95.0 Å². The van der Waals surface area contributed by atoms with Gasteiger partial charge in [-0.3, -0.25) is 18.5 Å². The maximum absolute atomic E-state index is 14.6. The number of rotatable bonds is 9. The van der Waals surface area contributed by atoms with Gasteiger partial charge >= 0.3 is 6.09 Å². The van der Waals surface area contributed by atoms with Crippen molar-refractivity contribution in [3.05, 3.63) is 114 Å². The van der Waals surface area contributed by atoms with E-state index in [0.29, 0.717) is 53.4 Å². The van der Waals surface area contributed by atoms with E-state index >= 15 is 0 Å². The van der Waals surface area contributed by atoms with Crippen LogP contribution in [0.4, 0.5) is 27.5 Å². The Morgan fingerprint density at radius 1 is 1.06 bits per heavy atom. The lowest BCUT2D eigenvalue weighted by molar-refractivity contribution is -1.05. The minimum absolute atomic E-state index is 0.117. The van der Waals surface area contributed by atoms with Gasteiger partial charge in [0.1, 0.15) is 18.8 Å². The molecule has 1 amide bonds. The molecule has 1 aliphatic heterocycles. The number of anilines is 4. The topological polar surface area (TPSA) is 121 Å². The molecule has 3 heterocycles. The molecule has 13 heteroatoms. The molecular formula is C36H39N7O5S. The van der Waals surface area contributed by atoms with Crippen molar-refractivity contribution < 1.29 is 23.6 Å². The smallest absolute Gasteiger partial charge is 0.414 e. The highest BCUT2D eigenvalue weighted by Gasteiger charge is 2.32. The molecular weight excluding hydrogens is 643 g/mol. The summed E-state index contributed by atoms with van der Waals surface area (Å²) in [6.45, 7) is 3.65. The summed E-state index contributed by atoms with van der Waals surface area (Å²) in [6.07, 6.45) is 2.61. The van der Waals surface area contributed by atoms with E-state index < -0.39 is 21.5 Å². The van der Waals surface area contributed by atoms with E-state index in [-0.39, 0.29) is 23.9 Å². The zero-order valence-corrected chi connectivity index (χ0v) is 28.8. The molecule has 0 aliphatic carbocycles. The SMILES string of the molecule is [CH2-][N+](C)(O)CCN(C)c1ccc(-n2c(=O)c(N3CCN(C(=O)OCc4ccccc4)c4c(C)cccc43)cc3cnc(S(C)=O)nc32)cc1. The van der Waals surface area contributed by atoms with Gasteiger partial charge in [0.15, 0.2) is 5.65 Å². The molecule has 0 fully saturated rings. The van der Waals surface area contributed by atoms with Crippen LogP contribution in [-0.2, 0) is 22.1 Å². The highest BCUT2D eigenvalue weighted by molar-refractivity contribution is 7.84. The van der Waals surface area contributed by atoms with E-state index in [1.807, 2.05) is 96.6 Å². The Morgan fingerprint density at radius 2 is 1.80 bits per heavy atom. The van der Waals surface area contributed by atoms with E-state index in [0.717, 1.165) is 16.8 Å². The second-order valence-electron chi connectivity index (χ2n) is 12.3. The minimum Gasteiger partial charge on any atom is -0.444 e. The number of benzene rings is 3. The van der Waals surface area contributed by atoms with Crippen LogP contribution in [0.2, 0.25) is 0 Å². The highest BCUT2D eigenvalue weighted by Crippen LogP contribution is 2.40. The monoisotopic (exact) mass is 681 g/mol. The minimum atomic E-state index is -1.47. The molecule has 1 aliphatic rings. The average Bonchev–Trinajstić information content (AvgIpc) is 3.09. The van der Waals surface area contributed by atoms with Gasteiger partial charge in [-0.25, -0.2) is 20.0 Å². The summed E-state index contributed by atoms with van der Waals surface area (Å²) in [5, 5.41) is 10.7. The third kappa shape index (κ3) is 7.19. The lowest BCUT2D eigenvalue weighted by Crippen LogP contribution is -2.44. The molecule has 49 heavy (non-hydrogen) atoms. The lowest BCUT2D eigenvalue weighted by atomic mass is 10.1. The van der Waals surface area contributed by atoms with Gasteiger partial charge in [-0.15, -0.1) is 7.05 Å². The molecule has 0 spiro atoms. The summed E-state index contributed by atoms with van der Waals surface area (Å²) in [4.78, 5) is 42.4. The molecule has 12 nitrogen and oxygen atoms in total. The van der Waals surface area contributed by atoms with Crippen molar-refractivity contribution in [1.82, 2.24) is 14.5 Å². The van der Waals surface area contributed by atoms with E-state index in [2.05, 4.69) is 17.0 Å². The number of aryl methyl sites for hydroxylation is 1. The number of para-hydroxylation sites is 1. The summed E-state index contributed by atoms with van der Waals surface area (Å²) in [5.74, 6) is 0. The first-order chi connectivity index (χ1) is 23.4. The highest BCUT2D eigenvalue weighted by atomic mass is 32.2. The van der Waals surface area contributed by atoms with Gasteiger partial charge in [0.05, 0.1) is 41.5 Å². The van der Waals surface area contributed by atoms with Crippen LogP contribution in [-0.4, -0.2) is 81.2 Å². The lowest BCUT2D eigenvalue weighted by Gasteiger charge is -2.38. The summed E-state index contributed by atoms with van der Waals surface area (Å²) >= 11 is 0. The Bertz CT molecular complexity index is 2080. The summed E-state index contributed by atoms with van der Waals surface area (Å²) < 4.78 is 19.2. The Labute approximate surface area is 287 Å². The number of aromatic nitrogens is 3. The number of quaternary nitrogens is 1. The molecule has 0 radical (unpaired) electrons. The van der Waals surface area contributed by atoms with E-state index in [1.54, 1.807) is 24.2 Å². The van der Waals surface area contributed by atoms with Crippen LogP contribution in [0, 0.1) is 14.0 Å². The van der Waals surface area contributed by atoms with Gasteiger partial charge in [-0.2, -0.15) is 0 Å². The van der Waals surface area contributed by atoms with Crippen molar-refractivity contribution >= 4 is 50.7 Å². The van der Waals surface area contributed by atoms with E-state index in [1.165, 1.54) is 10.8 Å². The molecule has 2 atom stereocenters. The van der Waals surface area contributed by atoms with Crippen molar-refractivity contribution in [2.45, 2.75) is 18.7 Å². The second kappa shape index (κ2) is 13.8. The van der Waals surface area contributed by atoms with Crippen molar-refractivity contribution in [3.8, 4) is 5.69 Å². The first-order valence-electron chi connectivity index (χ1n) is 15.8. The molecule has 0 bridgehead atoms. The summed E-state index contributed by atoms with van der Waals surface area (Å²) in [6, 6.07) is 24.4. The van der Waals surface area contributed by atoms with Crippen LogP contribution >= 0.6 is 0 Å². The number of amides is 1. The van der Waals surface area contributed by atoms with Gasteiger partial charge in [0.2, 0.25) is 5.16 Å².